The number of sulfonamides is 1. The van der Waals surface area contributed by atoms with Gasteiger partial charge in [-0.15, -0.1) is 12.4 Å². The van der Waals surface area contributed by atoms with E-state index in [1.165, 1.54) is 10.4 Å². The molecule has 1 fully saturated rings. The number of amides is 1. The summed E-state index contributed by atoms with van der Waals surface area (Å²) in [5.74, 6) is -0.242. The van der Waals surface area contributed by atoms with E-state index in [9.17, 15) is 13.2 Å². The van der Waals surface area contributed by atoms with E-state index < -0.39 is 10.0 Å². The molecule has 0 aromatic heterocycles. The zero-order valence-corrected chi connectivity index (χ0v) is 15.8. The van der Waals surface area contributed by atoms with Crippen LogP contribution in [-0.2, 0) is 10.0 Å². The van der Waals surface area contributed by atoms with Crippen molar-refractivity contribution in [1.29, 1.82) is 0 Å². The number of halogens is 1. The van der Waals surface area contributed by atoms with Gasteiger partial charge in [0.15, 0.2) is 0 Å². The molecule has 1 heterocycles. The lowest BCUT2D eigenvalue weighted by Crippen LogP contribution is -2.36. The summed E-state index contributed by atoms with van der Waals surface area (Å²) in [7, 11) is -1.71. The molecule has 0 atom stereocenters. The minimum atomic E-state index is -3.52. The maximum atomic E-state index is 12.7. The van der Waals surface area contributed by atoms with E-state index in [1.807, 2.05) is 14.0 Å². The maximum Gasteiger partial charge on any atom is 0.251 e. The molecule has 1 aromatic carbocycles. The molecule has 1 saturated heterocycles. The van der Waals surface area contributed by atoms with Gasteiger partial charge < -0.3 is 10.6 Å². The first-order chi connectivity index (χ1) is 11.0. The van der Waals surface area contributed by atoms with Gasteiger partial charge in [0.25, 0.3) is 5.91 Å². The van der Waals surface area contributed by atoms with Gasteiger partial charge in [0, 0.05) is 31.7 Å². The molecule has 136 valence electrons. The smallest absolute Gasteiger partial charge is 0.251 e. The minimum absolute atomic E-state index is 0. The predicted octanol–water partition coefficient (Wildman–Crippen LogP) is 1.54. The molecule has 8 heteroatoms. The Bertz CT molecular complexity index is 659. The molecular weight excluding hydrogens is 350 g/mol. The number of carbonyl (C=O) groups excluding carboxylic acids is 1. The topological polar surface area (TPSA) is 78.5 Å². The number of rotatable bonds is 6. The van der Waals surface area contributed by atoms with Gasteiger partial charge in [0.1, 0.15) is 0 Å². The molecule has 0 saturated carbocycles. The minimum Gasteiger partial charge on any atom is -0.351 e. The Labute approximate surface area is 150 Å². The summed E-state index contributed by atoms with van der Waals surface area (Å²) in [5, 5.41) is 5.74. The van der Waals surface area contributed by atoms with Crippen LogP contribution in [-0.4, -0.2) is 51.9 Å². The van der Waals surface area contributed by atoms with Crippen LogP contribution in [0.25, 0.3) is 0 Å². The molecule has 6 nitrogen and oxygen atoms in total. The second kappa shape index (κ2) is 9.36. The van der Waals surface area contributed by atoms with Crippen molar-refractivity contribution >= 4 is 28.3 Å². The fourth-order valence-corrected chi connectivity index (χ4v) is 4.20. The van der Waals surface area contributed by atoms with Gasteiger partial charge in [0.2, 0.25) is 10.0 Å². The van der Waals surface area contributed by atoms with Crippen LogP contribution in [0.2, 0.25) is 0 Å². The fourth-order valence-electron chi connectivity index (χ4n) is 2.66. The van der Waals surface area contributed by atoms with Gasteiger partial charge in [-0.2, -0.15) is 4.31 Å². The summed E-state index contributed by atoms with van der Waals surface area (Å²) in [6.07, 6.45) is 2.85. The largest absolute Gasteiger partial charge is 0.351 e. The first-order valence-corrected chi connectivity index (χ1v) is 9.44. The molecule has 2 rings (SSSR count). The van der Waals surface area contributed by atoms with Gasteiger partial charge in [-0.1, -0.05) is 12.5 Å². The monoisotopic (exact) mass is 375 g/mol. The molecule has 1 aliphatic heterocycles. The standard InChI is InChI=1S/C16H25N3O3S.ClH/c1-13-6-7-14(12-15(13)16(20)18-9-8-17-2)23(21,22)19-10-4-3-5-11-19;/h6-7,12,17H,3-5,8-11H2,1-2H3,(H,18,20);1H. The van der Waals surface area contributed by atoms with Crippen LogP contribution >= 0.6 is 12.4 Å². The highest BCUT2D eigenvalue weighted by molar-refractivity contribution is 7.89. The van der Waals surface area contributed by atoms with E-state index in [1.54, 1.807) is 12.1 Å². The Kier molecular flexibility index (Phi) is 8.15. The molecule has 0 spiro atoms. The van der Waals surface area contributed by atoms with E-state index in [-0.39, 0.29) is 23.2 Å². The summed E-state index contributed by atoms with van der Waals surface area (Å²) in [6.45, 7) is 4.08. The lowest BCUT2D eigenvalue weighted by Gasteiger charge is -2.26. The van der Waals surface area contributed by atoms with Crippen molar-refractivity contribution < 1.29 is 13.2 Å². The quantitative estimate of drug-likeness (QED) is 0.739. The summed E-state index contributed by atoms with van der Waals surface area (Å²) in [6, 6.07) is 4.78. The number of nitrogens with one attached hydrogen (secondary N) is 2. The van der Waals surface area contributed by atoms with Crippen LogP contribution in [0.1, 0.15) is 35.2 Å². The Morgan fingerprint density at radius 1 is 1.17 bits per heavy atom. The molecular formula is C16H26ClN3O3S. The van der Waals surface area contributed by atoms with E-state index in [2.05, 4.69) is 10.6 Å². The molecule has 1 aliphatic rings. The van der Waals surface area contributed by atoms with Crippen LogP contribution in [0, 0.1) is 6.92 Å². The van der Waals surface area contributed by atoms with Crippen molar-refractivity contribution in [2.75, 3.05) is 33.2 Å². The Morgan fingerprint density at radius 2 is 1.83 bits per heavy atom. The number of aryl methyl sites for hydroxylation is 1. The van der Waals surface area contributed by atoms with Crippen molar-refractivity contribution in [2.24, 2.45) is 0 Å². The number of hydrogen-bond donors (Lipinski definition) is 2. The highest BCUT2D eigenvalue weighted by atomic mass is 35.5. The zero-order valence-electron chi connectivity index (χ0n) is 14.2. The molecule has 24 heavy (non-hydrogen) atoms. The molecule has 0 aliphatic carbocycles. The van der Waals surface area contributed by atoms with Gasteiger partial charge >= 0.3 is 0 Å². The first-order valence-electron chi connectivity index (χ1n) is 8.00. The molecule has 2 N–H and O–H groups in total. The summed E-state index contributed by atoms with van der Waals surface area (Å²) in [5.41, 5.74) is 1.18. The van der Waals surface area contributed by atoms with Crippen molar-refractivity contribution in [1.82, 2.24) is 14.9 Å². The van der Waals surface area contributed by atoms with E-state index >= 15 is 0 Å². The van der Waals surface area contributed by atoms with Crippen LogP contribution in [0.5, 0.6) is 0 Å². The molecule has 1 amide bonds. The predicted molar refractivity (Wildman–Crippen MR) is 97.3 cm³/mol. The number of hydrogen-bond acceptors (Lipinski definition) is 4. The normalized spacial score (nSPS) is 15.6. The van der Waals surface area contributed by atoms with E-state index in [0.717, 1.165) is 24.8 Å². The lowest BCUT2D eigenvalue weighted by atomic mass is 10.1. The number of benzene rings is 1. The molecule has 0 bridgehead atoms. The second-order valence-corrected chi connectivity index (χ2v) is 7.74. The highest BCUT2D eigenvalue weighted by Crippen LogP contribution is 2.22. The number of likely N-dealkylation sites (N-methyl/N-ethyl adjacent to an activating group) is 1. The van der Waals surface area contributed by atoms with Gasteiger partial charge in [-0.05, 0) is 44.5 Å². The van der Waals surface area contributed by atoms with Crippen molar-refractivity contribution in [3.8, 4) is 0 Å². The SMILES string of the molecule is CNCCNC(=O)c1cc(S(=O)(=O)N2CCCCC2)ccc1C.Cl. The Balaban J connectivity index is 0.00000288. The molecule has 1 aromatic rings. The molecule has 0 radical (unpaired) electrons. The van der Waals surface area contributed by atoms with Crippen LogP contribution in [0.4, 0.5) is 0 Å². The third-order valence-corrected chi connectivity index (χ3v) is 5.96. The second-order valence-electron chi connectivity index (χ2n) is 5.80. The first kappa shape index (κ1) is 20.9. The number of carbonyl (C=O) groups is 1. The Morgan fingerprint density at radius 3 is 2.46 bits per heavy atom. The van der Waals surface area contributed by atoms with E-state index in [0.29, 0.717) is 31.7 Å². The van der Waals surface area contributed by atoms with Crippen LogP contribution in [0.15, 0.2) is 23.1 Å². The van der Waals surface area contributed by atoms with Gasteiger partial charge in [0.05, 0.1) is 4.90 Å². The van der Waals surface area contributed by atoms with Crippen molar-refractivity contribution in [3.63, 3.8) is 0 Å². The zero-order chi connectivity index (χ0) is 16.9. The lowest BCUT2D eigenvalue weighted by molar-refractivity contribution is 0.0953. The average molecular weight is 376 g/mol. The summed E-state index contributed by atoms with van der Waals surface area (Å²) >= 11 is 0. The third kappa shape index (κ3) is 4.92. The van der Waals surface area contributed by atoms with E-state index in [4.69, 9.17) is 0 Å². The Hall–Kier alpha value is -1.15. The van der Waals surface area contributed by atoms with Gasteiger partial charge in [-0.3, -0.25) is 4.79 Å². The third-order valence-electron chi connectivity index (χ3n) is 4.07. The van der Waals surface area contributed by atoms with Crippen LogP contribution < -0.4 is 10.6 Å². The number of nitrogens with zero attached hydrogens (tertiary/aromatic N) is 1. The maximum absolute atomic E-state index is 12.7. The highest BCUT2D eigenvalue weighted by Gasteiger charge is 2.26. The number of piperidine rings is 1. The summed E-state index contributed by atoms with van der Waals surface area (Å²) in [4.78, 5) is 12.4. The fraction of sp³-hybridized carbons (Fsp3) is 0.562. The van der Waals surface area contributed by atoms with Crippen LogP contribution in [0.3, 0.4) is 0 Å². The average Bonchev–Trinajstić information content (AvgIpc) is 2.56. The van der Waals surface area contributed by atoms with Gasteiger partial charge in [-0.25, -0.2) is 8.42 Å². The summed E-state index contributed by atoms with van der Waals surface area (Å²) < 4.78 is 27.0. The molecule has 0 unspecified atom stereocenters. The van der Waals surface area contributed by atoms with Crippen molar-refractivity contribution in [2.45, 2.75) is 31.1 Å². The van der Waals surface area contributed by atoms with Crippen molar-refractivity contribution in [3.05, 3.63) is 29.3 Å².